The van der Waals surface area contributed by atoms with Gasteiger partial charge in [-0.3, -0.25) is 14.6 Å². The minimum atomic E-state index is -0.743. The SMILES string of the molecule is CCCCCN(CCCCC)C(=O)C(NC(=O)c1cnc2ccccc2c1)C(C)OC. The topological polar surface area (TPSA) is 71.5 Å². The van der Waals surface area contributed by atoms with Gasteiger partial charge in [0.05, 0.1) is 17.2 Å². The molecule has 0 aliphatic carbocycles. The highest BCUT2D eigenvalue weighted by Crippen LogP contribution is 2.14. The van der Waals surface area contributed by atoms with Gasteiger partial charge in [0.25, 0.3) is 5.91 Å². The lowest BCUT2D eigenvalue weighted by Gasteiger charge is -2.30. The number of rotatable bonds is 13. The third-order valence-electron chi connectivity index (χ3n) is 5.62. The third-order valence-corrected chi connectivity index (χ3v) is 5.62. The van der Waals surface area contributed by atoms with Gasteiger partial charge in [-0.05, 0) is 31.9 Å². The second-order valence-corrected chi connectivity index (χ2v) is 8.05. The summed E-state index contributed by atoms with van der Waals surface area (Å²) in [7, 11) is 1.56. The molecular formula is C25H37N3O3. The first-order valence-corrected chi connectivity index (χ1v) is 11.5. The van der Waals surface area contributed by atoms with E-state index in [4.69, 9.17) is 4.74 Å². The van der Waals surface area contributed by atoms with Crippen molar-refractivity contribution in [2.24, 2.45) is 0 Å². The van der Waals surface area contributed by atoms with Crippen molar-refractivity contribution >= 4 is 22.7 Å². The average molecular weight is 428 g/mol. The van der Waals surface area contributed by atoms with Crippen LogP contribution in [0.4, 0.5) is 0 Å². The van der Waals surface area contributed by atoms with Crippen molar-refractivity contribution in [1.29, 1.82) is 0 Å². The fourth-order valence-corrected chi connectivity index (χ4v) is 3.57. The molecule has 1 N–H and O–H groups in total. The molecular weight excluding hydrogens is 390 g/mol. The molecule has 2 unspecified atom stereocenters. The van der Waals surface area contributed by atoms with Gasteiger partial charge in [0.1, 0.15) is 6.04 Å². The Bertz CT molecular complexity index is 830. The number of para-hydroxylation sites is 1. The molecule has 0 aliphatic rings. The van der Waals surface area contributed by atoms with E-state index in [0.717, 1.165) is 49.4 Å². The van der Waals surface area contributed by atoms with E-state index in [1.807, 2.05) is 36.1 Å². The first-order chi connectivity index (χ1) is 15.0. The molecule has 1 aromatic heterocycles. The summed E-state index contributed by atoms with van der Waals surface area (Å²) in [5.41, 5.74) is 1.26. The summed E-state index contributed by atoms with van der Waals surface area (Å²) in [5.74, 6) is -0.397. The van der Waals surface area contributed by atoms with E-state index >= 15 is 0 Å². The second kappa shape index (κ2) is 13.1. The maximum atomic E-state index is 13.4. The van der Waals surface area contributed by atoms with Gasteiger partial charge in [0, 0.05) is 31.8 Å². The zero-order chi connectivity index (χ0) is 22.6. The molecule has 0 saturated heterocycles. The zero-order valence-corrected chi connectivity index (χ0v) is 19.4. The van der Waals surface area contributed by atoms with Crippen molar-refractivity contribution in [3.05, 3.63) is 42.1 Å². The van der Waals surface area contributed by atoms with E-state index < -0.39 is 12.1 Å². The number of ether oxygens (including phenoxy) is 1. The lowest BCUT2D eigenvalue weighted by atomic mass is 10.1. The predicted molar refractivity (Wildman–Crippen MR) is 125 cm³/mol. The Morgan fingerprint density at radius 3 is 2.32 bits per heavy atom. The third kappa shape index (κ3) is 7.31. The number of nitrogens with one attached hydrogen (secondary N) is 1. The normalized spacial score (nSPS) is 13.0. The lowest BCUT2D eigenvalue weighted by Crippen LogP contribution is -2.54. The summed E-state index contributed by atoms with van der Waals surface area (Å²) < 4.78 is 5.46. The van der Waals surface area contributed by atoms with Gasteiger partial charge < -0.3 is 15.0 Å². The van der Waals surface area contributed by atoms with Crippen molar-refractivity contribution in [3.63, 3.8) is 0 Å². The Balaban J connectivity index is 2.18. The largest absolute Gasteiger partial charge is 0.379 e. The van der Waals surface area contributed by atoms with Crippen LogP contribution in [0.15, 0.2) is 36.5 Å². The van der Waals surface area contributed by atoms with Crippen molar-refractivity contribution < 1.29 is 14.3 Å². The number of carbonyl (C=O) groups excluding carboxylic acids is 2. The fourth-order valence-electron chi connectivity index (χ4n) is 3.57. The van der Waals surface area contributed by atoms with Crippen LogP contribution >= 0.6 is 0 Å². The molecule has 0 aliphatic heterocycles. The summed E-state index contributed by atoms with van der Waals surface area (Å²) in [6.07, 6.45) is 7.40. The molecule has 170 valence electrons. The Kier molecular flexibility index (Phi) is 10.4. The van der Waals surface area contributed by atoms with Crippen LogP contribution in [0.2, 0.25) is 0 Å². The molecule has 0 bridgehead atoms. The minimum Gasteiger partial charge on any atom is -0.379 e. The number of aromatic nitrogens is 1. The van der Waals surface area contributed by atoms with Crippen molar-refractivity contribution in [3.8, 4) is 0 Å². The summed E-state index contributed by atoms with van der Waals surface area (Å²) in [4.78, 5) is 32.7. The van der Waals surface area contributed by atoms with Gasteiger partial charge in [0.2, 0.25) is 5.91 Å². The molecule has 1 aromatic carbocycles. The van der Waals surface area contributed by atoms with Crippen LogP contribution in [0.25, 0.3) is 10.9 Å². The number of benzene rings is 1. The molecule has 0 saturated carbocycles. The Hall–Kier alpha value is -2.47. The molecule has 1 heterocycles. The molecule has 2 rings (SSSR count). The highest BCUT2D eigenvalue weighted by molar-refractivity contribution is 5.99. The first kappa shape index (κ1) is 24.8. The smallest absolute Gasteiger partial charge is 0.253 e. The van der Waals surface area contributed by atoms with Crippen molar-refractivity contribution in [1.82, 2.24) is 15.2 Å². The number of hydrogen-bond acceptors (Lipinski definition) is 4. The van der Waals surface area contributed by atoms with Gasteiger partial charge in [-0.2, -0.15) is 0 Å². The first-order valence-electron chi connectivity index (χ1n) is 11.5. The Morgan fingerprint density at radius 1 is 1.06 bits per heavy atom. The van der Waals surface area contributed by atoms with Gasteiger partial charge in [-0.25, -0.2) is 0 Å². The van der Waals surface area contributed by atoms with Crippen LogP contribution < -0.4 is 5.32 Å². The van der Waals surface area contributed by atoms with Crippen LogP contribution in [-0.2, 0) is 9.53 Å². The molecule has 0 fully saturated rings. The highest BCUT2D eigenvalue weighted by Gasteiger charge is 2.31. The van der Waals surface area contributed by atoms with E-state index in [1.54, 1.807) is 19.4 Å². The minimum absolute atomic E-state index is 0.0799. The fraction of sp³-hybridized carbons (Fsp3) is 0.560. The zero-order valence-electron chi connectivity index (χ0n) is 19.4. The van der Waals surface area contributed by atoms with E-state index in [2.05, 4.69) is 24.1 Å². The summed E-state index contributed by atoms with van der Waals surface area (Å²) >= 11 is 0. The van der Waals surface area contributed by atoms with Gasteiger partial charge in [-0.1, -0.05) is 57.7 Å². The quantitative estimate of drug-likeness (QED) is 0.475. The second-order valence-electron chi connectivity index (χ2n) is 8.05. The molecule has 31 heavy (non-hydrogen) atoms. The molecule has 0 radical (unpaired) electrons. The number of methoxy groups -OCH3 is 1. The van der Waals surface area contributed by atoms with Gasteiger partial charge >= 0.3 is 0 Å². The van der Waals surface area contributed by atoms with Crippen LogP contribution in [0.1, 0.15) is 69.7 Å². The van der Waals surface area contributed by atoms with Crippen molar-refractivity contribution in [2.45, 2.75) is 71.4 Å². The predicted octanol–water partition coefficient (Wildman–Crippen LogP) is 4.58. The number of unbranched alkanes of at least 4 members (excludes halogenated alkanes) is 4. The Morgan fingerprint density at radius 2 is 1.71 bits per heavy atom. The number of fused-ring (bicyclic) bond motifs is 1. The highest BCUT2D eigenvalue weighted by atomic mass is 16.5. The molecule has 6 heteroatoms. The average Bonchev–Trinajstić information content (AvgIpc) is 2.80. The maximum Gasteiger partial charge on any atom is 0.253 e. The molecule has 2 aromatic rings. The van der Waals surface area contributed by atoms with Crippen LogP contribution in [0.3, 0.4) is 0 Å². The molecule has 0 spiro atoms. The Labute approximate surface area is 186 Å². The maximum absolute atomic E-state index is 13.4. The lowest BCUT2D eigenvalue weighted by molar-refractivity contribution is -0.136. The van der Waals surface area contributed by atoms with Crippen LogP contribution in [0, 0.1) is 0 Å². The van der Waals surface area contributed by atoms with E-state index in [1.165, 1.54) is 0 Å². The molecule has 2 atom stereocenters. The molecule has 6 nitrogen and oxygen atoms in total. The van der Waals surface area contributed by atoms with E-state index in [9.17, 15) is 9.59 Å². The van der Waals surface area contributed by atoms with Crippen molar-refractivity contribution in [2.75, 3.05) is 20.2 Å². The number of nitrogens with zero attached hydrogens (tertiary/aromatic N) is 2. The summed E-state index contributed by atoms with van der Waals surface area (Å²) in [5, 5.41) is 3.80. The monoisotopic (exact) mass is 427 g/mol. The number of pyridine rings is 1. The molecule has 2 amide bonds. The number of amides is 2. The van der Waals surface area contributed by atoms with Gasteiger partial charge in [0.15, 0.2) is 0 Å². The van der Waals surface area contributed by atoms with E-state index in [0.29, 0.717) is 18.7 Å². The van der Waals surface area contributed by atoms with Crippen LogP contribution in [-0.4, -0.2) is 54.0 Å². The standard InChI is InChI=1S/C25H37N3O3/c1-5-7-11-15-28(16-12-8-6-2)25(30)23(19(3)31-4)27-24(29)21-17-20-13-9-10-14-22(20)26-18-21/h9-10,13-14,17-19,23H,5-8,11-12,15-16H2,1-4H3,(H,27,29). The number of carbonyl (C=O) groups is 2. The van der Waals surface area contributed by atoms with E-state index in [-0.39, 0.29) is 11.8 Å². The van der Waals surface area contributed by atoms with Gasteiger partial charge in [-0.15, -0.1) is 0 Å². The van der Waals surface area contributed by atoms with Crippen LogP contribution in [0.5, 0.6) is 0 Å². The summed E-state index contributed by atoms with van der Waals surface area (Å²) in [6.45, 7) is 7.53. The summed E-state index contributed by atoms with van der Waals surface area (Å²) in [6, 6.07) is 8.71. The number of hydrogen-bond donors (Lipinski definition) is 1.